The number of nitrogens with zero attached hydrogens (tertiary/aromatic N) is 1. The minimum absolute atomic E-state index is 0.0319. The number of halogens is 2. The SMILES string of the molecule is CCOc1cc(/C=C2/SC(=O)N(Cc3ccc(Cl)cc3Cl)C2=O)ccc1OCC(=O)O. The standard InChI is InChI=1S/C21H17Cl2NO6S/c1-2-29-17-7-12(3-6-16(17)30-11-19(25)26)8-18-20(27)24(21(28)31-18)10-13-4-5-14(22)9-15(13)23/h3-9H,2,10-11H2,1H3,(H,25,26)/b18-8+. The summed E-state index contributed by atoms with van der Waals surface area (Å²) in [5.74, 6) is -0.942. The van der Waals surface area contributed by atoms with Crippen LogP contribution in [-0.2, 0) is 16.1 Å². The van der Waals surface area contributed by atoms with Crippen molar-refractivity contribution in [3.05, 3.63) is 62.5 Å². The van der Waals surface area contributed by atoms with Crippen LogP contribution in [0, 0.1) is 0 Å². The Balaban J connectivity index is 1.81. The van der Waals surface area contributed by atoms with Gasteiger partial charge in [-0.2, -0.15) is 0 Å². The number of amides is 2. The van der Waals surface area contributed by atoms with Gasteiger partial charge in [-0.3, -0.25) is 14.5 Å². The summed E-state index contributed by atoms with van der Waals surface area (Å²) in [4.78, 5) is 37.3. The van der Waals surface area contributed by atoms with Crippen LogP contribution in [-0.4, -0.2) is 40.3 Å². The predicted octanol–water partition coefficient (Wildman–Crippen LogP) is 5.09. The number of ether oxygens (including phenoxy) is 2. The van der Waals surface area contributed by atoms with Crippen LogP contribution < -0.4 is 9.47 Å². The van der Waals surface area contributed by atoms with Crippen molar-refractivity contribution in [1.29, 1.82) is 0 Å². The summed E-state index contributed by atoms with van der Waals surface area (Å²) >= 11 is 12.9. The Morgan fingerprint density at radius 2 is 1.90 bits per heavy atom. The van der Waals surface area contributed by atoms with E-state index in [1.807, 2.05) is 0 Å². The van der Waals surface area contributed by atoms with Crippen molar-refractivity contribution < 1.29 is 29.0 Å². The highest BCUT2D eigenvalue weighted by Gasteiger charge is 2.35. The van der Waals surface area contributed by atoms with Crippen LogP contribution in [0.25, 0.3) is 6.08 Å². The van der Waals surface area contributed by atoms with Gasteiger partial charge in [-0.1, -0.05) is 35.3 Å². The van der Waals surface area contributed by atoms with Crippen molar-refractivity contribution in [2.75, 3.05) is 13.2 Å². The first-order valence-corrected chi connectivity index (χ1v) is 10.7. The van der Waals surface area contributed by atoms with Gasteiger partial charge in [0.1, 0.15) is 0 Å². The Bertz CT molecular complexity index is 1070. The first-order chi connectivity index (χ1) is 14.8. The first kappa shape index (κ1) is 23.0. The maximum atomic E-state index is 12.8. The largest absolute Gasteiger partial charge is 0.490 e. The molecule has 0 aromatic heterocycles. The van der Waals surface area contributed by atoms with Crippen molar-refractivity contribution in [2.45, 2.75) is 13.5 Å². The Morgan fingerprint density at radius 3 is 2.58 bits per heavy atom. The molecule has 1 aliphatic rings. The summed E-state index contributed by atoms with van der Waals surface area (Å²) in [6, 6.07) is 9.67. The third-order valence-electron chi connectivity index (χ3n) is 4.13. The molecule has 10 heteroatoms. The van der Waals surface area contributed by atoms with Crippen molar-refractivity contribution in [1.82, 2.24) is 4.90 Å². The molecule has 0 saturated carbocycles. The van der Waals surface area contributed by atoms with Crippen LogP contribution >= 0.6 is 35.0 Å². The average molecular weight is 482 g/mol. The van der Waals surface area contributed by atoms with E-state index in [-0.39, 0.29) is 17.2 Å². The molecule has 2 aromatic carbocycles. The van der Waals surface area contributed by atoms with Crippen molar-refractivity contribution in [3.63, 3.8) is 0 Å². The molecule has 1 aliphatic heterocycles. The number of carboxylic acid groups (broad SMARTS) is 1. The summed E-state index contributed by atoms with van der Waals surface area (Å²) < 4.78 is 10.7. The monoisotopic (exact) mass is 481 g/mol. The predicted molar refractivity (Wildman–Crippen MR) is 119 cm³/mol. The fraction of sp³-hybridized carbons (Fsp3) is 0.190. The number of hydrogen-bond acceptors (Lipinski definition) is 6. The second-order valence-corrected chi connectivity index (χ2v) is 8.16. The molecule has 1 heterocycles. The third-order valence-corrected chi connectivity index (χ3v) is 5.63. The topological polar surface area (TPSA) is 93.1 Å². The molecular formula is C21H17Cl2NO6S. The summed E-state index contributed by atoms with van der Waals surface area (Å²) in [5.41, 5.74) is 1.20. The van der Waals surface area contributed by atoms with E-state index in [0.29, 0.717) is 33.5 Å². The van der Waals surface area contributed by atoms with Crippen molar-refractivity contribution >= 4 is 58.2 Å². The molecule has 1 saturated heterocycles. The van der Waals surface area contributed by atoms with Crippen molar-refractivity contribution in [2.24, 2.45) is 0 Å². The second kappa shape index (κ2) is 10.1. The number of imide groups is 1. The fourth-order valence-electron chi connectivity index (χ4n) is 2.75. The van der Waals surface area contributed by atoms with Gasteiger partial charge in [-0.05, 0) is 60.2 Å². The van der Waals surface area contributed by atoms with Crippen LogP contribution in [0.4, 0.5) is 4.79 Å². The number of carbonyl (C=O) groups excluding carboxylic acids is 2. The highest BCUT2D eigenvalue weighted by Crippen LogP contribution is 2.36. The molecular weight excluding hydrogens is 465 g/mol. The molecule has 162 valence electrons. The molecule has 7 nitrogen and oxygen atoms in total. The maximum Gasteiger partial charge on any atom is 0.341 e. The Morgan fingerprint density at radius 1 is 1.13 bits per heavy atom. The molecule has 2 amide bonds. The van der Waals surface area contributed by atoms with Gasteiger partial charge in [0, 0.05) is 10.0 Å². The highest BCUT2D eigenvalue weighted by molar-refractivity contribution is 8.18. The van der Waals surface area contributed by atoms with Gasteiger partial charge in [0.2, 0.25) is 0 Å². The molecule has 0 spiro atoms. The first-order valence-electron chi connectivity index (χ1n) is 9.09. The molecule has 0 unspecified atom stereocenters. The van der Waals surface area contributed by atoms with Crippen LogP contribution in [0.15, 0.2) is 41.3 Å². The minimum atomic E-state index is -1.11. The summed E-state index contributed by atoms with van der Waals surface area (Å²) in [7, 11) is 0. The van der Waals surface area contributed by atoms with Crippen LogP contribution in [0.5, 0.6) is 11.5 Å². The molecule has 0 aliphatic carbocycles. The second-order valence-electron chi connectivity index (χ2n) is 6.33. The van der Waals surface area contributed by atoms with Crippen LogP contribution in [0.2, 0.25) is 10.0 Å². The van der Waals surface area contributed by atoms with Gasteiger partial charge in [0.15, 0.2) is 18.1 Å². The van der Waals surface area contributed by atoms with E-state index < -0.39 is 23.7 Å². The van der Waals surface area contributed by atoms with Gasteiger partial charge >= 0.3 is 5.97 Å². The molecule has 1 N–H and O–H groups in total. The van der Waals surface area contributed by atoms with E-state index in [2.05, 4.69) is 0 Å². The van der Waals surface area contributed by atoms with Gasteiger partial charge in [0.05, 0.1) is 18.1 Å². The van der Waals surface area contributed by atoms with Crippen LogP contribution in [0.3, 0.4) is 0 Å². The molecule has 31 heavy (non-hydrogen) atoms. The zero-order valence-electron chi connectivity index (χ0n) is 16.3. The molecule has 2 aromatic rings. The number of thioether (sulfide) groups is 1. The zero-order chi connectivity index (χ0) is 22.5. The van der Waals surface area contributed by atoms with Crippen LogP contribution in [0.1, 0.15) is 18.1 Å². The number of aliphatic carboxylic acids is 1. The number of carboxylic acids is 1. The number of carbonyl (C=O) groups is 3. The summed E-state index contributed by atoms with van der Waals surface area (Å²) in [5, 5.41) is 9.21. The summed E-state index contributed by atoms with van der Waals surface area (Å²) in [6.45, 7) is 1.64. The number of rotatable bonds is 8. The summed E-state index contributed by atoms with van der Waals surface area (Å²) in [6.07, 6.45) is 1.57. The molecule has 3 rings (SSSR count). The highest BCUT2D eigenvalue weighted by atomic mass is 35.5. The molecule has 0 bridgehead atoms. The lowest BCUT2D eigenvalue weighted by atomic mass is 10.1. The molecule has 0 radical (unpaired) electrons. The number of benzene rings is 2. The van der Waals surface area contributed by atoms with E-state index in [1.165, 1.54) is 0 Å². The van der Waals surface area contributed by atoms with Crippen molar-refractivity contribution in [3.8, 4) is 11.5 Å². The van der Waals surface area contributed by atoms with Gasteiger partial charge in [-0.15, -0.1) is 0 Å². The van der Waals surface area contributed by atoms with E-state index in [1.54, 1.807) is 49.4 Å². The zero-order valence-corrected chi connectivity index (χ0v) is 18.6. The molecule has 0 atom stereocenters. The minimum Gasteiger partial charge on any atom is -0.490 e. The molecule has 1 fully saturated rings. The lowest BCUT2D eigenvalue weighted by molar-refractivity contribution is -0.139. The Kier molecular flexibility index (Phi) is 7.48. The van der Waals surface area contributed by atoms with Gasteiger partial charge in [-0.25, -0.2) is 4.79 Å². The van der Waals surface area contributed by atoms with E-state index >= 15 is 0 Å². The number of hydrogen-bond donors (Lipinski definition) is 1. The van der Waals surface area contributed by atoms with Gasteiger partial charge in [0.25, 0.3) is 11.1 Å². The van der Waals surface area contributed by atoms with E-state index in [0.717, 1.165) is 16.7 Å². The Labute approximate surface area is 192 Å². The third kappa shape index (κ3) is 5.72. The Hall–Kier alpha value is -2.68. The van der Waals surface area contributed by atoms with E-state index in [9.17, 15) is 14.4 Å². The average Bonchev–Trinajstić information content (AvgIpc) is 2.96. The fourth-order valence-corrected chi connectivity index (χ4v) is 4.06. The lowest BCUT2D eigenvalue weighted by Crippen LogP contribution is -2.27. The smallest absolute Gasteiger partial charge is 0.341 e. The normalized spacial score (nSPS) is 14.9. The van der Waals surface area contributed by atoms with E-state index in [4.69, 9.17) is 37.8 Å². The van der Waals surface area contributed by atoms with Gasteiger partial charge < -0.3 is 14.6 Å². The lowest BCUT2D eigenvalue weighted by Gasteiger charge is -2.13. The quantitative estimate of drug-likeness (QED) is 0.524. The maximum absolute atomic E-state index is 12.8.